The molecule has 1 aromatic heterocycles. The first-order valence-corrected chi connectivity index (χ1v) is 19.6. The molecule has 5 atom stereocenters. The summed E-state index contributed by atoms with van der Waals surface area (Å²) in [5.74, 6) is -1.29. The largest absolute Gasteiger partial charge is 0.390 e. The SMILES string of the molecule is C=C(C)CC(NC(=O)C(CC(=O)N(C)CCc1ccc2c(Cl)cccc2n1)Cc1ccccc1)C(=O)N[C@@H](CC1CCCCC1)[C@@H](O)[C@@H](O)CC(C)C. The number of carbonyl (C=O) groups excluding carboxylic acids is 3. The Morgan fingerprint density at radius 2 is 1.66 bits per heavy atom. The Kier molecular flexibility index (Phi) is 16.3. The third-order valence-electron chi connectivity index (χ3n) is 10.3. The van der Waals surface area contributed by atoms with E-state index in [9.17, 15) is 24.6 Å². The zero-order valence-corrected chi connectivity index (χ0v) is 32.7. The molecule has 1 saturated carbocycles. The molecule has 288 valence electrons. The van der Waals surface area contributed by atoms with Gasteiger partial charge in [-0.1, -0.05) is 99.5 Å². The lowest BCUT2D eigenvalue weighted by atomic mass is 9.82. The van der Waals surface area contributed by atoms with Crippen LogP contribution in [0.15, 0.2) is 72.8 Å². The number of nitrogens with one attached hydrogen (secondary N) is 2. The highest BCUT2D eigenvalue weighted by Gasteiger charge is 2.34. The number of hydrogen-bond acceptors (Lipinski definition) is 6. The van der Waals surface area contributed by atoms with Crippen LogP contribution in [-0.2, 0) is 27.2 Å². The average molecular weight is 747 g/mol. The third kappa shape index (κ3) is 13.2. The number of amides is 3. The Balaban J connectivity index is 1.47. The van der Waals surface area contributed by atoms with E-state index in [0.717, 1.165) is 47.8 Å². The van der Waals surface area contributed by atoms with Gasteiger partial charge < -0.3 is 25.7 Å². The maximum absolute atomic E-state index is 14.1. The van der Waals surface area contributed by atoms with Gasteiger partial charge in [0.05, 0.1) is 23.6 Å². The van der Waals surface area contributed by atoms with Crippen LogP contribution in [0, 0.1) is 17.8 Å². The molecule has 9 nitrogen and oxygen atoms in total. The molecule has 0 aliphatic heterocycles. The highest BCUT2D eigenvalue weighted by molar-refractivity contribution is 6.35. The Morgan fingerprint density at radius 3 is 2.34 bits per heavy atom. The number of benzene rings is 2. The second kappa shape index (κ2) is 20.6. The van der Waals surface area contributed by atoms with Crippen LogP contribution >= 0.6 is 11.6 Å². The quantitative estimate of drug-likeness (QED) is 0.0998. The number of aliphatic hydroxyl groups is 2. The number of nitrogens with zero attached hydrogens (tertiary/aromatic N) is 2. The number of carbonyl (C=O) groups is 3. The van der Waals surface area contributed by atoms with Crippen LogP contribution < -0.4 is 10.6 Å². The number of halogens is 1. The average Bonchev–Trinajstić information content (AvgIpc) is 3.13. The third-order valence-corrected chi connectivity index (χ3v) is 10.7. The lowest BCUT2D eigenvalue weighted by Gasteiger charge is -2.34. The molecule has 1 heterocycles. The molecule has 4 N–H and O–H groups in total. The fraction of sp³-hybridized carbons (Fsp3) is 0.535. The smallest absolute Gasteiger partial charge is 0.243 e. The van der Waals surface area contributed by atoms with Gasteiger partial charge >= 0.3 is 0 Å². The van der Waals surface area contributed by atoms with Gasteiger partial charge in [0.15, 0.2) is 0 Å². The van der Waals surface area contributed by atoms with E-state index in [1.165, 1.54) is 6.42 Å². The second-order valence-corrected chi connectivity index (χ2v) is 15.9. The van der Waals surface area contributed by atoms with Crippen molar-refractivity contribution in [3.05, 3.63) is 89.1 Å². The van der Waals surface area contributed by atoms with Gasteiger partial charge in [0.25, 0.3) is 0 Å². The van der Waals surface area contributed by atoms with Gasteiger partial charge in [-0.05, 0) is 74.3 Å². The van der Waals surface area contributed by atoms with E-state index < -0.39 is 42.0 Å². The van der Waals surface area contributed by atoms with Crippen LogP contribution in [0.5, 0.6) is 0 Å². The molecular weight excluding hydrogens is 688 g/mol. The summed E-state index contributed by atoms with van der Waals surface area (Å²) in [6, 6.07) is 17.3. The van der Waals surface area contributed by atoms with Crippen molar-refractivity contribution in [3.63, 3.8) is 0 Å². The number of aliphatic hydroxyl groups excluding tert-OH is 2. The minimum absolute atomic E-state index is 0.0518. The number of hydrogen-bond donors (Lipinski definition) is 4. The lowest BCUT2D eigenvalue weighted by molar-refractivity contribution is -0.136. The summed E-state index contributed by atoms with van der Waals surface area (Å²) in [4.78, 5) is 48.1. The van der Waals surface area contributed by atoms with Crippen LogP contribution in [0.2, 0.25) is 5.02 Å². The van der Waals surface area contributed by atoms with Crippen molar-refractivity contribution in [1.29, 1.82) is 0 Å². The summed E-state index contributed by atoms with van der Waals surface area (Å²) in [6.45, 7) is 10.2. The van der Waals surface area contributed by atoms with Crippen molar-refractivity contribution in [3.8, 4) is 0 Å². The lowest BCUT2D eigenvalue weighted by Crippen LogP contribution is -2.56. The Labute approximate surface area is 320 Å². The summed E-state index contributed by atoms with van der Waals surface area (Å²) in [5.41, 5.74) is 3.22. The van der Waals surface area contributed by atoms with E-state index in [4.69, 9.17) is 16.6 Å². The standard InChI is InChI=1S/C43H59ClN4O5/c1-28(2)23-38(43(53)46-37(26-31-15-10-7-11-16-31)41(51)39(49)24-29(3)4)47-42(52)32(25-30-13-8-6-9-14-30)27-40(50)48(5)22-21-33-19-20-34-35(44)17-12-18-36(34)45-33/h6,8-9,12-14,17-20,29,31-32,37-39,41,49,51H,1,7,10-11,15-16,21-27H2,2-5H3,(H,46,53)(H,47,52)/t32?,37-,38?,39-,41+/m0/s1. The number of aromatic nitrogens is 1. The summed E-state index contributed by atoms with van der Waals surface area (Å²) in [6.07, 6.45) is 5.22. The molecule has 1 aliphatic carbocycles. The van der Waals surface area contributed by atoms with Crippen LogP contribution in [0.25, 0.3) is 10.9 Å². The van der Waals surface area contributed by atoms with Crippen LogP contribution in [0.1, 0.15) is 89.8 Å². The Hall–Kier alpha value is -3.79. The fourth-order valence-electron chi connectivity index (χ4n) is 7.32. The molecule has 0 radical (unpaired) electrons. The van der Waals surface area contributed by atoms with Crippen LogP contribution in [0.4, 0.5) is 0 Å². The highest BCUT2D eigenvalue weighted by atomic mass is 35.5. The normalized spacial score (nSPS) is 16.4. The monoisotopic (exact) mass is 746 g/mol. The Morgan fingerprint density at radius 1 is 0.943 bits per heavy atom. The van der Waals surface area contributed by atoms with Gasteiger partial charge in [-0.25, -0.2) is 0 Å². The Bertz CT molecular complexity index is 1660. The predicted octanol–water partition coefficient (Wildman–Crippen LogP) is 6.81. The van der Waals surface area contributed by atoms with Crippen molar-refractivity contribution < 1.29 is 24.6 Å². The van der Waals surface area contributed by atoms with Gasteiger partial charge in [0.1, 0.15) is 12.1 Å². The summed E-state index contributed by atoms with van der Waals surface area (Å²) >= 11 is 6.31. The van der Waals surface area contributed by atoms with Crippen molar-refractivity contribution in [2.75, 3.05) is 13.6 Å². The zero-order valence-electron chi connectivity index (χ0n) is 31.9. The maximum Gasteiger partial charge on any atom is 0.243 e. The summed E-state index contributed by atoms with van der Waals surface area (Å²) in [5, 5.41) is 29.7. The first-order valence-electron chi connectivity index (χ1n) is 19.2. The van der Waals surface area contributed by atoms with Gasteiger partial charge in [-0.15, -0.1) is 6.58 Å². The number of fused-ring (bicyclic) bond motifs is 1. The van der Waals surface area contributed by atoms with E-state index in [2.05, 4.69) is 17.2 Å². The molecule has 2 unspecified atom stereocenters. The first-order chi connectivity index (χ1) is 25.3. The number of rotatable bonds is 19. The summed E-state index contributed by atoms with van der Waals surface area (Å²) < 4.78 is 0. The molecule has 0 saturated heterocycles. The van der Waals surface area contributed by atoms with E-state index in [1.54, 1.807) is 18.9 Å². The molecule has 1 aliphatic rings. The predicted molar refractivity (Wildman–Crippen MR) is 212 cm³/mol. The first kappa shape index (κ1) is 42.0. The van der Waals surface area contributed by atoms with Gasteiger partial charge in [-0.2, -0.15) is 0 Å². The molecule has 0 bridgehead atoms. The maximum atomic E-state index is 14.1. The van der Waals surface area contributed by atoms with E-state index >= 15 is 0 Å². The van der Waals surface area contributed by atoms with Gasteiger partial charge in [0, 0.05) is 42.5 Å². The highest BCUT2D eigenvalue weighted by Crippen LogP contribution is 2.29. The fourth-order valence-corrected chi connectivity index (χ4v) is 7.55. The number of pyridine rings is 1. The minimum Gasteiger partial charge on any atom is -0.390 e. The molecule has 3 aromatic rings. The van der Waals surface area contributed by atoms with E-state index in [1.807, 2.05) is 74.5 Å². The molecule has 4 rings (SSSR count). The topological polar surface area (TPSA) is 132 Å². The van der Waals surface area contributed by atoms with Crippen molar-refractivity contribution >= 4 is 40.2 Å². The second-order valence-electron chi connectivity index (χ2n) is 15.5. The zero-order chi connectivity index (χ0) is 38.5. The van der Waals surface area contributed by atoms with Crippen LogP contribution in [0.3, 0.4) is 0 Å². The number of likely N-dealkylation sites (N-methyl/N-ethyl adjacent to an activating group) is 1. The molecule has 0 spiro atoms. The molecular formula is C43H59ClN4O5. The van der Waals surface area contributed by atoms with Crippen molar-refractivity contribution in [1.82, 2.24) is 20.5 Å². The van der Waals surface area contributed by atoms with Gasteiger partial charge in [-0.3, -0.25) is 19.4 Å². The van der Waals surface area contributed by atoms with E-state index in [0.29, 0.717) is 48.7 Å². The molecule has 3 amide bonds. The molecule has 10 heteroatoms. The van der Waals surface area contributed by atoms with Gasteiger partial charge in [0.2, 0.25) is 17.7 Å². The minimum atomic E-state index is -1.15. The molecule has 53 heavy (non-hydrogen) atoms. The van der Waals surface area contributed by atoms with Crippen LogP contribution in [-0.4, -0.2) is 75.7 Å². The van der Waals surface area contributed by atoms with Crippen molar-refractivity contribution in [2.45, 2.75) is 116 Å². The molecule has 2 aromatic carbocycles. The summed E-state index contributed by atoms with van der Waals surface area (Å²) in [7, 11) is 1.72. The molecule has 1 fully saturated rings. The van der Waals surface area contributed by atoms with Crippen molar-refractivity contribution in [2.24, 2.45) is 17.8 Å². The van der Waals surface area contributed by atoms with E-state index in [-0.39, 0.29) is 24.7 Å².